The Kier molecular flexibility index (Phi) is 6.59. The lowest BCUT2D eigenvalue weighted by molar-refractivity contribution is 1.24. The number of hydrogen-bond acceptors (Lipinski definition) is 0. The first-order chi connectivity index (χ1) is 25.2. The van der Waals surface area contributed by atoms with Crippen molar-refractivity contribution in [3.05, 3.63) is 182 Å². The topological polar surface area (TPSA) is 8.82 Å². The van der Waals surface area contributed by atoms with Gasteiger partial charge in [0.2, 0.25) is 0 Å². The van der Waals surface area contributed by atoms with Crippen LogP contribution in [0.1, 0.15) is 18.2 Å². The van der Waals surface area contributed by atoms with E-state index in [4.69, 9.17) is 0 Å². The molecule has 16 bridgehead atoms. The molecule has 0 aliphatic rings. The van der Waals surface area contributed by atoms with Crippen LogP contribution in [0, 0.1) is 0 Å². The molecule has 17 aromatic rings. The summed E-state index contributed by atoms with van der Waals surface area (Å²) >= 11 is 0. The molecule has 0 spiro atoms. The lowest BCUT2D eigenvalue weighted by Gasteiger charge is -2.04. The summed E-state index contributed by atoms with van der Waals surface area (Å²) in [6.45, 7) is 6.46. The van der Waals surface area contributed by atoms with E-state index in [1.54, 1.807) is 0 Å². The lowest BCUT2D eigenvalue weighted by Crippen LogP contribution is -1.88. The highest BCUT2D eigenvalue weighted by Crippen LogP contribution is 2.40. The van der Waals surface area contributed by atoms with Crippen LogP contribution in [0.3, 0.4) is 0 Å². The Hall–Kier alpha value is -6.64. The Morgan fingerprint density at radius 3 is 1.41 bits per heavy atom. The van der Waals surface area contributed by atoms with E-state index in [1.165, 1.54) is 70.3 Å². The van der Waals surface area contributed by atoms with Crippen LogP contribution in [-0.4, -0.2) is 8.80 Å². The largest absolute Gasteiger partial charge is 0.309 e. The first kappa shape index (κ1) is 29.3. The van der Waals surface area contributed by atoms with Crippen LogP contribution in [0.5, 0.6) is 0 Å². The molecule has 0 N–H and O–H groups in total. The molecule has 2 nitrogen and oxygen atoms in total. The molecule has 10 aromatic heterocycles. The van der Waals surface area contributed by atoms with Gasteiger partial charge in [0.15, 0.2) is 0 Å². The van der Waals surface area contributed by atoms with Crippen LogP contribution in [0.15, 0.2) is 170 Å². The second kappa shape index (κ2) is 11.5. The molecule has 0 amide bonds. The standard InChI is InChI=1S/C49H34N2/c1-3-9-44-42(4-2)48-46-28-29-47-49(48)43-14-5-6-15-45(43)51(47)41-13-8-11-39(31-41)37-26-22-35(23-27-37)33-18-16-32(17-19-33)34-20-24-36(25-21-34)38-10-7-12-40(30-38)50(44)46/h3-31H,2H2,1H3/b9-3-. The molecule has 0 fully saturated rings. The van der Waals surface area contributed by atoms with Crippen LogP contribution in [-0.2, 0) is 0 Å². The van der Waals surface area contributed by atoms with Gasteiger partial charge in [-0.3, -0.25) is 0 Å². The van der Waals surface area contributed by atoms with Crippen LogP contribution < -0.4 is 0 Å². The van der Waals surface area contributed by atoms with E-state index in [-0.39, 0.29) is 0 Å². The number of aromatic nitrogens is 2. The summed E-state index contributed by atoms with van der Waals surface area (Å²) in [7, 11) is 0. The number of nitrogens with zero attached hydrogens (tertiary/aromatic N) is 2. The number of para-hydroxylation sites is 1. The van der Waals surface area contributed by atoms with Gasteiger partial charge in [-0.25, -0.2) is 0 Å². The summed E-state index contributed by atoms with van der Waals surface area (Å²) in [5, 5.41) is 13.3. The number of hydrogen-bond donors (Lipinski definition) is 0. The van der Waals surface area contributed by atoms with Gasteiger partial charge < -0.3 is 8.80 Å². The summed E-state index contributed by atoms with van der Waals surface area (Å²) in [5.41, 5.74) is 8.04. The molecule has 0 radical (unpaired) electrons. The monoisotopic (exact) mass is 650 g/mol. The Bertz CT molecular complexity index is 3160. The van der Waals surface area contributed by atoms with Gasteiger partial charge >= 0.3 is 0 Å². The maximum absolute atomic E-state index is 4.38. The fourth-order valence-corrected chi connectivity index (χ4v) is 8.19. The smallest absolute Gasteiger partial charge is 0.0548 e. The summed E-state index contributed by atoms with van der Waals surface area (Å²) in [6.07, 6.45) is 6.38. The van der Waals surface area contributed by atoms with Gasteiger partial charge in [-0.1, -0.05) is 134 Å². The van der Waals surface area contributed by atoms with Gasteiger partial charge in [0.05, 0.1) is 22.2 Å². The van der Waals surface area contributed by atoms with Crippen molar-refractivity contribution in [3.8, 4) is 0 Å². The summed E-state index contributed by atoms with van der Waals surface area (Å²) in [6, 6.07) is 58.0. The minimum Gasteiger partial charge on any atom is -0.309 e. The minimum atomic E-state index is 1.12. The maximum Gasteiger partial charge on any atom is 0.0548 e. The first-order valence-corrected chi connectivity index (χ1v) is 17.6. The second-order valence-corrected chi connectivity index (χ2v) is 13.4. The zero-order chi connectivity index (χ0) is 34.1. The van der Waals surface area contributed by atoms with E-state index < -0.39 is 0 Å². The highest BCUT2D eigenvalue weighted by molar-refractivity contribution is 6.23. The van der Waals surface area contributed by atoms with Crippen molar-refractivity contribution in [2.24, 2.45) is 0 Å². The third-order valence-electron chi connectivity index (χ3n) is 10.6. The fraction of sp³-hybridized carbons (Fsp3) is 0.0204. The molecule has 10 heterocycles. The SMILES string of the molecule is C=Cc1c(/C=C\C)n2c3cccc(c3)c3ccc(cc3)c3ccc(cc3)c3ccc(cc3)c3cccc(c3)n3c4ccccc4c4c1c2ccc43. The van der Waals surface area contributed by atoms with E-state index in [9.17, 15) is 0 Å². The van der Waals surface area contributed by atoms with Crippen LogP contribution in [0.4, 0.5) is 0 Å². The van der Waals surface area contributed by atoms with Crippen molar-refractivity contribution in [2.75, 3.05) is 0 Å². The van der Waals surface area contributed by atoms with E-state index in [1.807, 2.05) is 6.08 Å². The van der Waals surface area contributed by atoms with Gasteiger partial charge in [0, 0.05) is 32.8 Å². The van der Waals surface area contributed by atoms with E-state index in [0.29, 0.717) is 0 Å². The number of benzene rings is 7. The molecule has 0 atom stereocenters. The van der Waals surface area contributed by atoms with Gasteiger partial charge in [-0.05, 0) is 98.6 Å². The Labute approximate surface area is 295 Å². The Balaban J connectivity index is 1.45. The van der Waals surface area contributed by atoms with Crippen molar-refractivity contribution in [3.63, 3.8) is 0 Å². The van der Waals surface area contributed by atoms with Crippen LogP contribution >= 0.6 is 0 Å². The van der Waals surface area contributed by atoms with Crippen molar-refractivity contribution in [1.82, 2.24) is 8.80 Å². The molecular weight excluding hydrogens is 617 g/mol. The highest BCUT2D eigenvalue weighted by Gasteiger charge is 2.19. The molecule has 2 heteroatoms. The zero-order valence-corrected chi connectivity index (χ0v) is 28.3. The van der Waals surface area contributed by atoms with Gasteiger partial charge in [-0.15, -0.1) is 0 Å². The molecule has 51 heavy (non-hydrogen) atoms. The summed E-state index contributed by atoms with van der Waals surface area (Å²) in [5.74, 6) is 0. The van der Waals surface area contributed by atoms with Gasteiger partial charge in [-0.2, -0.15) is 0 Å². The number of allylic oxidation sites excluding steroid dienone is 1. The average Bonchev–Trinajstić information content (AvgIpc) is 3.70. The van der Waals surface area contributed by atoms with Gasteiger partial charge in [0.1, 0.15) is 0 Å². The summed E-state index contributed by atoms with van der Waals surface area (Å²) in [4.78, 5) is 0. The molecule has 240 valence electrons. The lowest BCUT2D eigenvalue weighted by atomic mass is 10.0. The van der Waals surface area contributed by atoms with E-state index in [0.717, 1.165) is 27.8 Å². The zero-order valence-electron chi connectivity index (χ0n) is 28.3. The quantitative estimate of drug-likeness (QED) is 0.176. The third kappa shape index (κ3) is 4.50. The minimum absolute atomic E-state index is 1.12. The normalized spacial score (nSPS) is 12.0. The molecule has 17 rings (SSSR count). The number of rotatable bonds is 2. The fourth-order valence-electron chi connectivity index (χ4n) is 8.19. The van der Waals surface area contributed by atoms with Gasteiger partial charge in [0.25, 0.3) is 0 Å². The summed E-state index contributed by atoms with van der Waals surface area (Å²) < 4.78 is 4.83. The Morgan fingerprint density at radius 1 is 0.431 bits per heavy atom. The predicted molar refractivity (Wildman–Crippen MR) is 222 cm³/mol. The molecule has 0 aliphatic heterocycles. The van der Waals surface area contributed by atoms with Crippen molar-refractivity contribution in [1.29, 1.82) is 0 Å². The second-order valence-electron chi connectivity index (χ2n) is 13.4. The molecule has 0 unspecified atom stereocenters. The van der Waals surface area contributed by atoms with Crippen molar-refractivity contribution < 1.29 is 0 Å². The molecule has 0 aliphatic carbocycles. The molecule has 0 saturated carbocycles. The number of fused-ring (bicyclic) bond motifs is 1. The average molecular weight is 651 g/mol. The molecule has 0 saturated heterocycles. The van der Waals surface area contributed by atoms with Crippen molar-refractivity contribution >= 4 is 99.0 Å². The first-order valence-electron chi connectivity index (χ1n) is 17.6. The maximum atomic E-state index is 4.38. The highest BCUT2D eigenvalue weighted by atomic mass is 14.9. The third-order valence-corrected chi connectivity index (χ3v) is 10.6. The predicted octanol–water partition coefficient (Wildman–Crippen LogP) is 13.6. The van der Waals surface area contributed by atoms with Crippen LogP contribution in [0.25, 0.3) is 99.0 Å². The molecule has 7 aromatic carbocycles. The Morgan fingerprint density at radius 2 is 0.902 bits per heavy atom. The van der Waals surface area contributed by atoms with Crippen LogP contribution in [0.2, 0.25) is 0 Å². The van der Waals surface area contributed by atoms with Crippen molar-refractivity contribution in [2.45, 2.75) is 6.92 Å². The van der Waals surface area contributed by atoms with E-state index in [2.05, 4.69) is 192 Å². The van der Waals surface area contributed by atoms with E-state index >= 15 is 0 Å². The molecular formula is C49H34N2.